The van der Waals surface area contributed by atoms with Crippen molar-refractivity contribution in [3.63, 3.8) is 0 Å². The first-order valence-corrected chi connectivity index (χ1v) is 7.83. The molecule has 2 rings (SSSR count). The predicted octanol–water partition coefficient (Wildman–Crippen LogP) is 3.83. The van der Waals surface area contributed by atoms with Crippen LogP contribution in [0.4, 0.5) is 0 Å². The smallest absolute Gasteiger partial charge is 0.226 e. The van der Waals surface area contributed by atoms with Crippen molar-refractivity contribution >= 4 is 5.91 Å². The van der Waals surface area contributed by atoms with Crippen LogP contribution in [0.5, 0.6) is 0 Å². The number of nitrogens with zero attached hydrogens (tertiary/aromatic N) is 1. The third-order valence-corrected chi connectivity index (χ3v) is 3.50. The van der Waals surface area contributed by atoms with E-state index < -0.39 is 0 Å². The standard InChI is InChI=1S/C18H24N2O2/c1-13(2)9-10-14(3)19-17(21)11-16-12-22-18(20-16)15-7-5-4-6-8-15/h4-8,12-14H,9-11H2,1-3H3,(H,19,21)/t14-/m1/s1. The van der Waals surface area contributed by atoms with Gasteiger partial charge in [-0.15, -0.1) is 0 Å². The van der Waals surface area contributed by atoms with Crippen LogP contribution in [0.25, 0.3) is 11.5 Å². The van der Waals surface area contributed by atoms with Crippen LogP contribution in [0.2, 0.25) is 0 Å². The van der Waals surface area contributed by atoms with Gasteiger partial charge in [0.1, 0.15) is 6.26 Å². The van der Waals surface area contributed by atoms with Gasteiger partial charge in [-0.3, -0.25) is 4.79 Å². The summed E-state index contributed by atoms with van der Waals surface area (Å²) in [7, 11) is 0. The molecule has 1 atom stereocenters. The first-order valence-electron chi connectivity index (χ1n) is 7.83. The van der Waals surface area contributed by atoms with Gasteiger partial charge in [-0.2, -0.15) is 0 Å². The summed E-state index contributed by atoms with van der Waals surface area (Å²) in [6.07, 6.45) is 3.92. The Morgan fingerprint density at radius 2 is 1.91 bits per heavy atom. The van der Waals surface area contributed by atoms with Gasteiger partial charge in [0.15, 0.2) is 0 Å². The molecule has 0 radical (unpaired) electrons. The molecular weight excluding hydrogens is 276 g/mol. The zero-order valence-corrected chi connectivity index (χ0v) is 13.5. The average molecular weight is 300 g/mol. The Labute approximate surface area is 131 Å². The first kappa shape index (κ1) is 16.3. The Morgan fingerprint density at radius 1 is 1.18 bits per heavy atom. The fourth-order valence-corrected chi connectivity index (χ4v) is 2.25. The van der Waals surface area contributed by atoms with Crippen LogP contribution >= 0.6 is 0 Å². The maximum atomic E-state index is 12.0. The summed E-state index contributed by atoms with van der Waals surface area (Å²) in [6.45, 7) is 6.42. The van der Waals surface area contributed by atoms with Gasteiger partial charge >= 0.3 is 0 Å². The molecular formula is C18H24N2O2. The molecule has 4 nitrogen and oxygen atoms in total. The molecule has 0 aliphatic carbocycles. The Morgan fingerprint density at radius 3 is 2.59 bits per heavy atom. The maximum Gasteiger partial charge on any atom is 0.226 e. The van der Waals surface area contributed by atoms with Gasteiger partial charge in [-0.25, -0.2) is 4.98 Å². The Balaban J connectivity index is 1.86. The molecule has 0 spiro atoms. The van der Waals surface area contributed by atoms with E-state index in [4.69, 9.17) is 4.42 Å². The van der Waals surface area contributed by atoms with E-state index in [-0.39, 0.29) is 18.4 Å². The number of nitrogens with one attached hydrogen (secondary N) is 1. The van der Waals surface area contributed by atoms with E-state index in [0.29, 0.717) is 17.5 Å². The first-order chi connectivity index (χ1) is 10.5. The summed E-state index contributed by atoms with van der Waals surface area (Å²) in [6, 6.07) is 9.87. The molecule has 0 aliphatic heterocycles. The molecule has 1 amide bonds. The van der Waals surface area contributed by atoms with Gasteiger partial charge in [0.05, 0.1) is 12.1 Å². The normalized spacial score (nSPS) is 12.4. The number of aromatic nitrogens is 1. The molecule has 22 heavy (non-hydrogen) atoms. The van der Waals surface area contributed by atoms with Gasteiger partial charge in [0.2, 0.25) is 11.8 Å². The van der Waals surface area contributed by atoms with E-state index in [1.807, 2.05) is 37.3 Å². The lowest BCUT2D eigenvalue weighted by Gasteiger charge is -2.14. The van der Waals surface area contributed by atoms with Crippen molar-refractivity contribution in [2.75, 3.05) is 0 Å². The van der Waals surface area contributed by atoms with E-state index in [1.165, 1.54) is 0 Å². The molecule has 2 aromatic rings. The zero-order chi connectivity index (χ0) is 15.9. The number of benzene rings is 1. The Hall–Kier alpha value is -2.10. The molecule has 0 aliphatic rings. The van der Waals surface area contributed by atoms with Crippen LogP contribution in [-0.4, -0.2) is 16.9 Å². The predicted molar refractivity (Wildman–Crippen MR) is 87.3 cm³/mol. The van der Waals surface area contributed by atoms with Gasteiger partial charge in [0.25, 0.3) is 0 Å². The van der Waals surface area contributed by atoms with Crippen molar-refractivity contribution in [3.05, 3.63) is 42.3 Å². The fourth-order valence-electron chi connectivity index (χ4n) is 2.25. The van der Waals surface area contributed by atoms with Gasteiger partial charge < -0.3 is 9.73 Å². The van der Waals surface area contributed by atoms with Crippen molar-refractivity contribution in [2.24, 2.45) is 5.92 Å². The third kappa shape index (κ3) is 5.02. The summed E-state index contributed by atoms with van der Waals surface area (Å²) < 4.78 is 5.44. The monoisotopic (exact) mass is 300 g/mol. The van der Waals surface area contributed by atoms with Crippen molar-refractivity contribution < 1.29 is 9.21 Å². The third-order valence-electron chi connectivity index (χ3n) is 3.50. The summed E-state index contributed by atoms with van der Waals surface area (Å²) in [5.74, 6) is 1.20. The van der Waals surface area contributed by atoms with E-state index in [0.717, 1.165) is 18.4 Å². The van der Waals surface area contributed by atoms with Crippen LogP contribution in [0.3, 0.4) is 0 Å². The molecule has 0 saturated heterocycles. The van der Waals surface area contributed by atoms with Crippen LogP contribution in [-0.2, 0) is 11.2 Å². The lowest BCUT2D eigenvalue weighted by atomic mass is 10.0. The van der Waals surface area contributed by atoms with E-state index in [2.05, 4.69) is 24.1 Å². The molecule has 118 valence electrons. The lowest BCUT2D eigenvalue weighted by molar-refractivity contribution is -0.121. The van der Waals surface area contributed by atoms with Gasteiger partial charge in [-0.1, -0.05) is 32.0 Å². The lowest BCUT2D eigenvalue weighted by Crippen LogP contribution is -2.33. The molecule has 1 heterocycles. The molecule has 0 saturated carbocycles. The van der Waals surface area contributed by atoms with Crippen LogP contribution in [0.1, 0.15) is 39.3 Å². The number of carbonyl (C=O) groups is 1. The van der Waals surface area contributed by atoms with Crippen molar-refractivity contribution in [1.29, 1.82) is 0 Å². The molecule has 1 aromatic carbocycles. The largest absolute Gasteiger partial charge is 0.444 e. The van der Waals surface area contributed by atoms with E-state index in [1.54, 1.807) is 6.26 Å². The van der Waals surface area contributed by atoms with E-state index >= 15 is 0 Å². The Bertz CT molecular complexity index is 590. The second kappa shape index (κ2) is 7.78. The summed E-state index contributed by atoms with van der Waals surface area (Å²) in [5.41, 5.74) is 1.58. The highest BCUT2D eigenvalue weighted by Gasteiger charge is 2.12. The summed E-state index contributed by atoms with van der Waals surface area (Å²) >= 11 is 0. The minimum absolute atomic E-state index is 0.0100. The molecule has 0 unspecified atom stereocenters. The number of hydrogen-bond acceptors (Lipinski definition) is 3. The SMILES string of the molecule is CC(C)CC[C@@H](C)NC(=O)Cc1coc(-c2ccccc2)n1. The summed E-state index contributed by atoms with van der Waals surface area (Å²) in [4.78, 5) is 16.4. The van der Waals surface area contributed by atoms with Crippen LogP contribution < -0.4 is 5.32 Å². The highest BCUT2D eigenvalue weighted by atomic mass is 16.3. The number of rotatable bonds is 7. The van der Waals surface area contributed by atoms with Gasteiger partial charge in [-0.05, 0) is 37.8 Å². The number of hydrogen-bond donors (Lipinski definition) is 1. The fraction of sp³-hybridized carbons (Fsp3) is 0.444. The second-order valence-corrected chi connectivity index (χ2v) is 6.13. The number of oxazole rings is 1. The minimum atomic E-state index is -0.0100. The topological polar surface area (TPSA) is 55.1 Å². The minimum Gasteiger partial charge on any atom is -0.444 e. The Kier molecular flexibility index (Phi) is 5.75. The molecule has 0 bridgehead atoms. The molecule has 0 fully saturated rings. The zero-order valence-electron chi connectivity index (χ0n) is 13.5. The highest BCUT2D eigenvalue weighted by molar-refractivity contribution is 5.78. The molecule has 4 heteroatoms. The average Bonchev–Trinajstić information content (AvgIpc) is 2.94. The quantitative estimate of drug-likeness (QED) is 0.845. The highest BCUT2D eigenvalue weighted by Crippen LogP contribution is 2.18. The molecule has 1 aromatic heterocycles. The van der Waals surface area contributed by atoms with Crippen LogP contribution in [0.15, 0.2) is 41.0 Å². The van der Waals surface area contributed by atoms with E-state index in [9.17, 15) is 4.79 Å². The van der Waals surface area contributed by atoms with Gasteiger partial charge in [0, 0.05) is 11.6 Å². The number of amides is 1. The van der Waals surface area contributed by atoms with Crippen molar-refractivity contribution in [2.45, 2.75) is 46.1 Å². The van der Waals surface area contributed by atoms with Crippen molar-refractivity contribution in [3.8, 4) is 11.5 Å². The number of carbonyl (C=O) groups excluding carboxylic acids is 1. The molecule has 1 N–H and O–H groups in total. The van der Waals surface area contributed by atoms with Crippen LogP contribution in [0, 0.1) is 5.92 Å². The maximum absolute atomic E-state index is 12.0. The second-order valence-electron chi connectivity index (χ2n) is 6.13. The summed E-state index contributed by atoms with van der Waals surface area (Å²) in [5, 5.41) is 3.01. The van der Waals surface area contributed by atoms with Crippen molar-refractivity contribution in [1.82, 2.24) is 10.3 Å².